The van der Waals surface area contributed by atoms with E-state index in [1.807, 2.05) is 20.8 Å². The number of nitrogens with two attached hydrogens (primary N) is 1. The molecule has 4 nitrogen and oxygen atoms in total. The average Bonchev–Trinajstić information content (AvgIpc) is 2.77. The van der Waals surface area contributed by atoms with Gasteiger partial charge in [-0.3, -0.25) is 4.90 Å². The van der Waals surface area contributed by atoms with Crippen LogP contribution in [0.3, 0.4) is 0 Å². The lowest BCUT2D eigenvalue weighted by atomic mass is 10.0. The quantitative estimate of drug-likeness (QED) is 0.923. The smallest absolute Gasteiger partial charge is 0.410 e. The lowest BCUT2D eigenvalue weighted by Gasteiger charge is -2.24. The number of amides is 1. The Morgan fingerprint density at radius 1 is 1.30 bits per heavy atom. The van der Waals surface area contributed by atoms with Gasteiger partial charge in [0.1, 0.15) is 5.60 Å². The fraction of sp³-hybridized carbons (Fsp3) is 0.562. The first-order valence-electron chi connectivity index (χ1n) is 7.18. The summed E-state index contributed by atoms with van der Waals surface area (Å²) in [6, 6.07) is 6.44. The highest BCUT2D eigenvalue weighted by atomic mass is 16.6. The monoisotopic (exact) mass is 276 g/mol. The van der Waals surface area contributed by atoms with Crippen molar-refractivity contribution in [3.8, 4) is 0 Å². The average molecular weight is 276 g/mol. The van der Waals surface area contributed by atoms with Crippen LogP contribution in [-0.4, -0.2) is 23.1 Å². The Morgan fingerprint density at radius 2 is 2.00 bits per heavy atom. The number of ether oxygens (including phenoxy) is 1. The number of aryl methyl sites for hydroxylation is 1. The summed E-state index contributed by atoms with van der Waals surface area (Å²) in [7, 11) is 0. The maximum Gasteiger partial charge on any atom is 0.410 e. The molecule has 1 aromatic rings. The molecule has 4 heteroatoms. The predicted molar refractivity (Wildman–Crippen MR) is 79.3 cm³/mol. The van der Waals surface area contributed by atoms with Gasteiger partial charge in [-0.15, -0.1) is 0 Å². The first kappa shape index (κ1) is 14.9. The number of hydrogen-bond donors (Lipinski definition) is 1. The molecule has 0 bridgehead atoms. The molecule has 0 saturated heterocycles. The van der Waals surface area contributed by atoms with E-state index in [4.69, 9.17) is 10.5 Å². The highest BCUT2D eigenvalue weighted by molar-refractivity contribution is 5.69. The first-order chi connectivity index (χ1) is 9.39. The Kier molecular flexibility index (Phi) is 4.33. The van der Waals surface area contributed by atoms with Crippen LogP contribution in [0.1, 0.15) is 43.9 Å². The van der Waals surface area contributed by atoms with E-state index in [1.165, 1.54) is 16.7 Å². The molecule has 1 amide bonds. The van der Waals surface area contributed by atoms with Crippen molar-refractivity contribution >= 4 is 6.09 Å². The van der Waals surface area contributed by atoms with Gasteiger partial charge < -0.3 is 10.5 Å². The van der Waals surface area contributed by atoms with Crippen molar-refractivity contribution in [1.29, 1.82) is 0 Å². The van der Waals surface area contributed by atoms with E-state index in [-0.39, 0.29) is 6.09 Å². The number of carbonyl (C=O) groups excluding carboxylic acids is 1. The zero-order valence-electron chi connectivity index (χ0n) is 12.6. The van der Waals surface area contributed by atoms with E-state index in [2.05, 4.69) is 18.2 Å². The summed E-state index contributed by atoms with van der Waals surface area (Å²) in [5.74, 6) is 0. The molecule has 0 unspecified atom stereocenters. The third-order valence-corrected chi connectivity index (χ3v) is 3.31. The summed E-state index contributed by atoms with van der Waals surface area (Å²) in [6.45, 7) is 7.65. The summed E-state index contributed by atoms with van der Waals surface area (Å²) >= 11 is 0. The summed E-state index contributed by atoms with van der Waals surface area (Å²) in [5.41, 5.74) is 8.83. The number of hydrogen-bond acceptors (Lipinski definition) is 3. The third kappa shape index (κ3) is 3.73. The molecule has 1 heterocycles. The van der Waals surface area contributed by atoms with E-state index >= 15 is 0 Å². The zero-order chi connectivity index (χ0) is 14.8. The van der Waals surface area contributed by atoms with Crippen LogP contribution in [0, 0.1) is 0 Å². The largest absolute Gasteiger partial charge is 0.444 e. The molecule has 0 spiro atoms. The van der Waals surface area contributed by atoms with Crippen LogP contribution in [0.15, 0.2) is 18.2 Å². The molecule has 0 aromatic heterocycles. The van der Waals surface area contributed by atoms with Gasteiger partial charge in [0.15, 0.2) is 0 Å². The standard InChI is InChI=1S/C16H24N2O2/c1-16(2,3)20-15(19)18-10-13-7-6-12(5-4-8-17)9-14(13)11-18/h6-7,9H,4-5,8,10-11,17H2,1-3H3. The minimum atomic E-state index is -0.446. The van der Waals surface area contributed by atoms with Crippen molar-refractivity contribution in [2.45, 2.75) is 52.3 Å². The number of benzene rings is 1. The van der Waals surface area contributed by atoms with E-state index in [1.54, 1.807) is 4.90 Å². The van der Waals surface area contributed by atoms with E-state index in [0.717, 1.165) is 12.8 Å². The number of rotatable bonds is 3. The van der Waals surface area contributed by atoms with Gasteiger partial charge in [0.2, 0.25) is 0 Å². The molecular formula is C16H24N2O2. The first-order valence-corrected chi connectivity index (χ1v) is 7.18. The predicted octanol–water partition coefficient (Wildman–Crippen LogP) is 2.83. The van der Waals surface area contributed by atoms with Crippen LogP contribution >= 0.6 is 0 Å². The lowest BCUT2D eigenvalue weighted by Crippen LogP contribution is -2.33. The Morgan fingerprint density at radius 3 is 2.65 bits per heavy atom. The van der Waals surface area contributed by atoms with Crippen molar-refractivity contribution in [3.63, 3.8) is 0 Å². The number of fused-ring (bicyclic) bond motifs is 1. The highest BCUT2D eigenvalue weighted by Gasteiger charge is 2.27. The van der Waals surface area contributed by atoms with Crippen molar-refractivity contribution < 1.29 is 9.53 Å². The molecular weight excluding hydrogens is 252 g/mol. The molecule has 110 valence electrons. The summed E-state index contributed by atoms with van der Waals surface area (Å²) in [6.07, 6.45) is 1.75. The fourth-order valence-corrected chi connectivity index (χ4v) is 2.37. The van der Waals surface area contributed by atoms with Crippen LogP contribution in [0.25, 0.3) is 0 Å². The lowest BCUT2D eigenvalue weighted by molar-refractivity contribution is 0.0242. The van der Waals surface area contributed by atoms with Crippen LogP contribution in [0.4, 0.5) is 4.79 Å². The Hall–Kier alpha value is -1.55. The molecule has 1 aliphatic heterocycles. The van der Waals surface area contributed by atoms with Crippen molar-refractivity contribution in [3.05, 3.63) is 34.9 Å². The SMILES string of the molecule is CC(C)(C)OC(=O)N1Cc2ccc(CCCN)cc2C1. The minimum absolute atomic E-state index is 0.239. The Labute approximate surface area is 120 Å². The molecule has 1 aromatic carbocycles. The molecule has 0 aliphatic carbocycles. The van der Waals surface area contributed by atoms with Gasteiger partial charge in [0, 0.05) is 13.1 Å². The highest BCUT2D eigenvalue weighted by Crippen LogP contribution is 2.26. The molecule has 0 radical (unpaired) electrons. The second-order valence-electron chi connectivity index (χ2n) is 6.33. The van der Waals surface area contributed by atoms with Gasteiger partial charge in [-0.25, -0.2) is 4.79 Å². The van der Waals surface area contributed by atoms with Gasteiger partial charge in [-0.05, 0) is 56.8 Å². The normalized spacial score (nSPS) is 14.3. The van der Waals surface area contributed by atoms with Gasteiger partial charge >= 0.3 is 6.09 Å². The topological polar surface area (TPSA) is 55.6 Å². The molecule has 20 heavy (non-hydrogen) atoms. The van der Waals surface area contributed by atoms with Gasteiger partial charge in [0.25, 0.3) is 0 Å². The van der Waals surface area contributed by atoms with Gasteiger partial charge in [0.05, 0.1) is 0 Å². The maximum atomic E-state index is 12.1. The van der Waals surface area contributed by atoms with Crippen molar-refractivity contribution in [2.75, 3.05) is 6.54 Å². The molecule has 0 saturated carbocycles. The second-order valence-corrected chi connectivity index (χ2v) is 6.33. The fourth-order valence-electron chi connectivity index (χ4n) is 2.37. The number of carbonyl (C=O) groups is 1. The van der Waals surface area contributed by atoms with Gasteiger partial charge in [-0.1, -0.05) is 18.2 Å². The minimum Gasteiger partial charge on any atom is -0.444 e. The van der Waals surface area contributed by atoms with E-state index in [0.29, 0.717) is 19.6 Å². The van der Waals surface area contributed by atoms with Crippen LogP contribution in [0.2, 0.25) is 0 Å². The molecule has 0 fully saturated rings. The molecule has 1 aliphatic rings. The third-order valence-electron chi connectivity index (χ3n) is 3.31. The molecule has 2 rings (SSSR count). The van der Waals surface area contributed by atoms with Crippen LogP contribution in [-0.2, 0) is 24.2 Å². The van der Waals surface area contributed by atoms with Crippen molar-refractivity contribution in [2.24, 2.45) is 5.73 Å². The summed E-state index contributed by atoms with van der Waals surface area (Å²) < 4.78 is 5.42. The van der Waals surface area contributed by atoms with Gasteiger partial charge in [-0.2, -0.15) is 0 Å². The summed E-state index contributed by atoms with van der Waals surface area (Å²) in [4.78, 5) is 13.8. The Balaban J connectivity index is 2.02. The number of nitrogens with zero attached hydrogens (tertiary/aromatic N) is 1. The Bertz CT molecular complexity index is 492. The van der Waals surface area contributed by atoms with E-state index < -0.39 is 5.60 Å². The van der Waals surface area contributed by atoms with Crippen molar-refractivity contribution in [1.82, 2.24) is 4.90 Å². The maximum absolute atomic E-state index is 12.1. The summed E-state index contributed by atoms with van der Waals surface area (Å²) in [5, 5.41) is 0. The van der Waals surface area contributed by atoms with Crippen LogP contribution < -0.4 is 5.73 Å². The van der Waals surface area contributed by atoms with Crippen LogP contribution in [0.5, 0.6) is 0 Å². The zero-order valence-corrected chi connectivity index (χ0v) is 12.6. The second kappa shape index (κ2) is 5.83. The molecule has 2 N–H and O–H groups in total. The molecule has 0 atom stereocenters. The van der Waals surface area contributed by atoms with E-state index in [9.17, 15) is 4.79 Å².